The maximum absolute atomic E-state index is 12.7. The highest BCUT2D eigenvalue weighted by molar-refractivity contribution is 6.09. The Balaban J connectivity index is 2.02. The van der Waals surface area contributed by atoms with E-state index in [0.717, 1.165) is 23.1 Å². The van der Waals surface area contributed by atoms with E-state index in [1.807, 2.05) is 36.1 Å². The van der Waals surface area contributed by atoms with E-state index in [9.17, 15) is 4.79 Å². The Morgan fingerprint density at radius 2 is 2.00 bits per heavy atom. The Hall–Kier alpha value is -2.14. The first-order valence-corrected chi connectivity index (χ1v) is 7.30. The summed E-state index contributed by atoms with van der Waals surface area (Å²) in [7, 11) is 0. The van der Waals surface area contributed by atoms with Gasteiger partial charge in [-0.2, -0.15) is 0 Å². The highest BCUT2D eigenvalue weighted by Crippen LogP contribution is 2.25. The molecule has 1 fully saturated rings. The van der Waals surface area contributed by atoms with Gasteiger partial charge in [-0.15, -0.1) is 0 Å². The van der Waals surface area contributed by atoms with Gasteiger partial charge in [0.25, 0.3) is 5.91 Å². The van der Waals surface area contributed by atoms with Crippen LogP contribution < -0.4 is 5.32 Å². The number of hydrogen-bond acceptors (Lipinski definition) is 4. The quantitative estimate of drug-likeness (QED) is 0.938. The number of nitrogens with one attached hydrogen (secondary N) is 1. The van der Waals surface area contributed by atoms with Gasteiger partial charge in [-0.05, 0) is 12.3 Å². The maximum atomic E-state index is 12.7. The van der Waals surface area contributed by atoms with Crippen LogP contribution in [0, 0.1) is 0 Å². The lowest BCUT2D eigenvalue weighted by atomic mass is 10.1. The Morgan fingerprint density at radius 3 is 2.71 bits per heavy atom. The molecule has 3 rings (SSSR count). The Labute approximate surface area is 123 Å². The average molecular weight is 285 g/mol. The Morgan fingerprint density at radius 1 is 1.29 bits per heavy atom. The summed E-state index contributed by atoms with van der Waals surface area (Å²) in [5.74, 6) is 0.858. The van der Waals surface area contributed by atoms with Crippen molar-refractivity contribution in [2.45, 2.75) is 6.92 Å². The number of anilines is 1. The lowest BCUT2D eigenvalue weighted by Gasteiger charge is -2.27. The van der Waals surface area contributed by atoms with E-state index in [1.54, 1.807) is 6.20 Å². The number of benzene rings is 1. The normalized spacial score (nSPS) is 15.2. The third-order valence-corrected chi connectivity index (χ3v) is 3.67. The van der Waals surface area contributed by atoms with Crippen molar-refractivity contribution in [3.05, 3.63) is 36.0 Å². The van der Waals surface area contributed by atoms with Crippen LogP contribution in [0.4, 0.5) is 5.82 Å². The zero-order valence-electron chi connectivity index (χ0n) is 12.1. The highest BCUT2D eigenvalue weighted by Gasteiger charge is 2.21. The maximum Gasteiger partial charge on any atom is 0.256 e. The highest BCUT2D eigenvalue weighted by atomic mass is 16.5. The largest absolute Gasteiger partial charge is 0.378 e. The molecule has 0 radical (unpaired) electrons. The minimum atomic E-state index is 0.0325. The van der Waals surface area contributed by atoms with E-state index in [-0.39, 0.29) is 5.91 Å². The summed E-state index contributed by atoms with van der Waals surface area (Å²) >= 11 is 0. The number of aromatic nitrogens is 1. The van der Waals surface area contributed by atoms with Gasteiger partial charge in [-0.1, -0.05) is 24.3 Å². The molecule has 0 saturated carbocycles. The third-order valence-electron chi connectivity index (χ3n) is 3.67. The fourth-order valence-electron chi connectivity index (χ4n) is 2.61. The van der Waals surface area contributed by atoms with Crippen molar-refractivity contribution < 1.29 is 9.53 Å². The summed E-state index contributed by atoms with van der Waals surface area (Å²) < 4.78 is 5.30. The molecule has 1 aliphatic rings. The number of fused-ring (bicyclic) bond motifs is 1. The molecule has 1 amide bonds. The summed E-state index contributed by atoms with van der Waals surface area (Å²) in [6.45, 7) is 5.32. The van der Waals surface area contributed by atoms with Crippen LogP contribution in [0.3, 0.4) is 0 Å². The van der Waals surface area contributed by atoms with E-state index in [2.05, 4.69) is 10.3 Å². The summed E-state index contributed by atoms with van der Waals surface area (Å²) in [5, 5.41) is 5.17. The fourth-order valence-corrected chi connectivity index (χ4v) is 2.61. The standard InChI is InChI=1S/C16H19N3O2/c1-2-17-15-13-6-4-3-5-12(13)14(11-18-15)16(20)19-7-9-21-10-8-19/h3-6,11H,2,7-10H2,1H3,(H,17,18). The van der Waals surface area contributed by atoms with Gasteiger partial charge >= 0.3 is 0 Å². The first-order chi connectivity index (χ1) is 10.3. The van der Waals surface area contributed by atoms with Crippen molar-refractivity contribution in [2.24, 2.45) is 0 Å². The van der Waals surface area contributed by atoms with Crippen LogP contribution in [0.5, 0.6) is 0 Å². The average Bonchev–Trinajstić information content (AvgIpc) is 2.56. The van der Waals surface area contributed by atoms with Gasteiger partial charge in [0.1, 0.15) is 5.82 Å². The molecule has 5 nitrogen and oxygen atoms in total. The van der Waals surface area contributed by atoms with Crippen molar-refractivity contribution in [3.63, 3.8) is 0 Å². The molecule has 1 N–H and O–H groups in total. The number of pyridine rings is 1. The monoisotopic (exact) mass is 285 g/mol. The molecule has 1 aromatic carbocycles. The zero-order valence-corrected chi connectivity index (χ0v) is 12.1. The zero-order chi connectivity index (χ0) is 14.7. The summed E-state index contributed by atoms with van der Waals surface area (Å²) in [5.41, 5.74) is 0.661. The van der Waals surface area contributed by atoms with Crippen LogP contribution in [0.25, 0.3) is 10.8 Å². The number of hydrogen-bond donors (Lipinski definition) is 1. The van der Waals surface area contributed by atoms with E-state index >= 15 is 0 Å². The van der Waals surface area contributed by atoms with Crippen molar-refractivity contribution in [2.75, 3.05) is 38.2 Å². The van der Waals surface area contributed by atoms with Gasteiger partial charge in [0.15, 0.2) is 0 Å². The first kappa shape index (κ1) is 13.8. The predicted octanol–water partition coefficient (Wildman–Crippen LogP) is 2.14. The molecule has 110 valence electrons. The topological polar surface area (TPSA) is 54.5 Å². The third kappa shape index (κ3) is 2.69. The number of morpholine rings is 1. The van der Waals surface area contributed by atoms with Crippen molar-refractivity contribution in [1.82, 2.24) is 9.88 Å². The van der Waals surface area contributed by atoms with Crippen LogP contribution in [-0.4, -0.2) is 48.6 Å². The molecule has 2 heterocycles. The summed E-state index contributed by atoms with van der Waals surface area (Å²) in [6.07, 6.45) is 1.68. The molecule has 1 saturated heterocycles. The second-order valence-corrected chi connectivity index (χ2v) is 5.00. The molecule has 0 spiro atoms. The molecule has 1 aromatic heterocycles. The molecular weight excluding hydrogens is 266 g/mol. The molecular formula is C16H19N3O2. The molecule has 2 aromatic rings. The van der Waals surface area contributed by atoms with Gasteiger partial charge in [0, 0.05) is 31.2 Å². The van der Waals surface area contributed by atoms with Crippen LogP contribution in [-0.2, 0) is 4.74 Å². The fraction of sp³-hybridized carbons (Fsp3) is 0.375. The van der Waals surface area contributed by atoms with E-state index in [4.69, 9.17) is 4.74 Å². The Kier molecular flexibility index (Phi) is 4.01. The second kappa shape index (κ2) is 6.10. The lowest BCUT2D eigenvalue weighted by Crippen LogP contribution is -2.40. The summed E-state index contributed by atoms with van der Waals surface area (Å²) in [6, 6.07) is 7.89. The van der Waals surface area contributed by atoms with Gasteiger partial charge in [0.05, 0.1) is 18.8 Å². The van der Waals surface area contributed by atoms with Crippen LogP contribution in [0.15, 0.2) is 30.5 Å². The molecule has 5 heteroatoms. The predicted molar refractivity (Wildman–Crippen MR) is 82.6 cm³/mol. The van der Waals surface area contributed by atoms with E-state index in [1.165, 1.54) is 0 Å². The van der Waals surface area contributed by atoms with Gasteiger partial charge in [0.2, 0.25) is 0 Å². The smallest absolute Gasteiger partial charge is 0.256 e. The molecule has 21 heavy (non-hydrogen) atoms. The SMILES string of the molecule is CCNc1ncc(C(=O)N2CCOCC2)c2ccccc12. The first-order valence-electron chi connectivity index (χ1n) is 7.30. The van der Waals surface area contributed by atoms with Gasteiger partial charge in [-0.3, -0.25) is 4.79 Å². The lowest BCUT2D eigenvalue weighted by molar-refractivity contribution is 0.0304. The molecule has 0 aliphatic carbocycles. The minimum absolute atomic E-state index is 0.0325. The van der Waals surface area contributed by atoms with E-state index in [0.29, 0.717) is 31.9 Å². The molecule has 0 bridgehead atoms. The number of nitrogens with zero attached hydrogens (tertiary/aromatic N) is 2. The number of carbonyl (C=O) groups is 1. The van der Waals surface area contributed by atoms with Crippen molar-refractivity contribution >= 4 is 22.5 Å². The van der Waals surface area contributed by atoms with Crippen LogP contribution in [0.1, 0.15) is 17.3 Å². The second-order valence-electron chi connectivity index (χ2n) is 5.00. The molecule has 0 unspecified atom stereocenters. The number of rotatable bonds is 3. The van der Waals surface area contributed by atoms with Crippen LogP contribution in [0.2, 0.25) is 0 Å². The molecule has 1 aliphatic heterocycles. The Bertz CT molecular complexity index is 651. The minimum Gasteiger partial charge on any atom is -0.378 e. The van der Waals surface area contributed by atoms with E-state index < -0.39 is 0 Å². The molecule has 0 atom stereocenters. The number of amides is 1. The van der Waals surface area contributed by atoms with Gasteiger partial charge in [-0.25, -0.2) is 4.98 Å². The van der Waals surface area contributed by atoms with Gasteiger partial charge < -0.3 is 15.0 Å². The van der Waals surface area contributed by atoms with Crippen molar-refractivity contribution in [1.29, 1.82) is 0 Å². The number of ether oxygens (including phenoxy) is 1. The summed E-state index contributed by atoms with van der Waals surface area (Å²) in [4.78, 5) is 18.9. The van der Waals surface area contributed by atoms with Crippen molar-refractivity contribution in [3.8, 4) is 0 Å². The number of carbonyl (C=O) groups excluding carboxylic acids is 1. The van der Waals surface area contributed by atoms with Crippen LogP contribution >= 0.6 is 0 Å².